The maximum atomic E-state index is 12.7. The normalized spacial score (nSPS) is 11.0. The van der Waals surface area contributed by atoms with Crippen molar-refractivity contribution < 1.29 is 28.5 Å². The number of halogens is 1. The van der Waals surface area contributed by atoms with Gasteiger partial charge >= 0.3 is 5.97 Å². The number of carbonyl (C=O) groups is 1. The number of phenols is 1. The highest BCUT2D eigenvalue weighted by atomic mass is 79.9. The van der Waals surface area contributed by atoms with Crippen LogP contribution in [0.25, 0.3) is 22.3 Å². The van der Waals surface area contributed by atoms with Crippen LogP contribution in [-0.4, -0.2) is 31.9 Å². The second-order valence-corrected chi connectivity index (χ2v) is 6.64. The van der Waals surface area contributed by atoms with Crippen LogP contribution in [0.15, 0.2) is 39.2 Å². The number of phenolic OH excluding ortho intramolecular Hbond substituents is 1. The third-order valence-corrected chi connectivity index (χ3v) is 4.65. The molecule has 1 N–H and O–H groups in total. The Morgan fingerprint density at radius 1 is 1.22 bits per heavy atom. The van der Waals surface area contributed by atoms with Gasteiger partial charge in [-0.25, -0.2) is 4.79 Å². The highest BCUT2D eigenvalue weighted by molar-refractivity contribution is 9.10. The third-order valence-electron chi connectivity index (χ3n) is 4.07. The quantitative estimate of drug-likeness (QED) is 0.555. The number of fused-ring (bicyclic) bond motifs is 1. The number of esters is 1. The van der Waals surface area contributed by atoms with Gasteiger partial charge in [0.15, 0.2) is 0 Å². The minimum atomic E-state index is -0.525. The van der Waals surface area contributed by atoms with Crippen molar-refractivity contribution in [3.63, 3.8) is 0 Å². The average molecular weight is 435 g/mol. The molecular formula is C20H19BrO6. The van der Waals surface area contributed by atoms with Crippen LogP contribution in [0.1, 0.15) is 22.8 Å². The van der Waals surface area contributed by atoms with Gasteiger partial charge in [-0.15, -0.1) is 0 Å². The Morgan fingerprint density at radius 3 is 2.67 bits per heavy atom. The van der Waals surface area contributed by atoms with Crippen molar-refractivity contribution >= 4 is 32.9 Å². The van der Waals surface area contributed by atoms with Crippen LogP contribution < -0.4 is 4.74 Å². The fraction of sp³-hybridized carbons (Fsp3) is 0.250. The molecule has 0 aliphatic carbocycles. The molecule has 0 spiro atoms. The van der Waals surface area contributed by atoms with Crippen LogP contribution >= 0.6 is 15.9 Å². The van der Waals surface area contributed by atoms with Crippen molar-refractivity contribution in [1.82, 2.24) is 0 Å². The number of ether oxygens (including phenoxy) is 3. The van der Waals surface area contributed by atoms with Crippen molar-refractivity contribution in [2.45, 2.75) is 13.5 Å². The van der Waals surface area contributed by atoms with Gasteiger partial charge in [-0.05, 0) is 58.7 Å². The molecule has 0 saturated heterocycles. The van der Waals surface area contributed by atoms with Crippen LogP contribution in [0, 0.1) is 0 Å². The first kappa shape index (κ1) is 19.3. The van der Waals surface area contributed by atoms with Gasteiger partial charge in [-0.3, -0.25) is 0 Å². The number of rotatable bonds is 6. The fourth-order valence-corrected chi connectivity index (χ4v) is 3.46. The summed E-state index contributed by atoms with van der Waals surface area (Å²) in [5, 5.41) is 10.4. The van der Waals surface area contributed by atoms with Gasteiger partial charge in [0.25, 0.3) is 0 Å². The lowest BCUT2D eigenvalue weighted by Crippen LogP contribution is -2.06. The SMILES string of the molecule is CCOC(=O)c1c(-c2ccc(OC)cc2COC)oc2c(Br)cc(O)cc12. The van der Waals surface area contributed by atoms with Crippen LogP contribution in [0.4, 0.5) is 0 Å². The fourth-order valence-electron chi connectivity index (χ4n) is 2.93. The minimum Gasteiger partial charge on any atom is -0.508 e. The summed E-state index contributed by atoms with van der Waals surface area (Å²) in [6.45, 7) is 2.26. The summed E-state index contributed by atoms with van der Waals surface area (Å²) in [6, 6.07) is 8.41. The first-order valence-corrected chi connectivity index (χ1v) is 9.07. The lowest BCUT2D eigenvalue weighted by atomic mass is 10.0. The lowest BCUT2D eigenvalue weighted by molar-refractivity contribution is 0.0528. The number of hydrogen-bond donors (Lipinski definition) is 1. The molecule has 7 heteroatoms. The average Bonchev–Trinajstić information content (AvgIpc) is 3.01. The predicted molar refractivity (Wildman–Crippen MR) is 104 cm³/mol. The number of benzene rings is 2. The Bertz CT molecular complexity index is 992. The first-order valence-electron chi connectivity index (χ1n) is 8.28. The molecule has 0 aliphatic heterocycles. The summed E-state index contributed by atoms with van der Waals surface area (Å²) >= 11 is 3.38. The van der Waals surface area contributed by atoms with Crippen LogP contribution in [-0.2, 0) is 16.1 Å². The van der Waals surface area contributed by atoms with E-state index < -0.39 is 5.97 Å². The Labute approximate surface area is 164 Å². The molecule has 142 valence electrons. The van der Waals surface area contributed by atoms with Crippen LogP contribution in [0.3, 0.4) is 0 Å². The van der Waals surface area contributed by atoms with E-state index in [1.165, 1.54) is 12.1 Å². The van der Waals surface area contributed by atoms with Crippen molar-refractivity contribution in [2.75, 3.05) is 20.8 Å². The Kier molecular flexibility index (Phi) is 5.72. The molecule has 0 unspecified atom stereocenters. The smallest absolute Gasteiger partial charge is 0.342 e. The first-order chi connectivity index (χ1) is 13.0. The molecule has 0 aliphatic rings. The summed E-state index contributed by atoms with van der Waals surface area (Å²) in [7, 11) is 3.17. The number of methoxy groups -OCH3 is 2. The zero-order valence-electron chi connectivity index (χ0n) is 15.2. The molecule has 0 atom stereocenters. The Balaban J connectivity index is 2.32. The van der Waals surface area contributed by atoms with E-state index in [1.807, 2.05) is 6.07 Å². The topological polar surface area (TPSA) is 78.1 Å². The second-order valence-electron chi connectivity index (χ2n) is 5.79. The van der Waals surface area contributed by atoms with Gasteiger partial charge < -0.3 is 23.7 Å². The van der Waals surface area contributed by atoms with Gasteiger partial charge in [0.05, 0.1) is 24.8 Å². The molecule has 0 saturated carbocycles. The van der Waals surface area contributed by atoms with Crippen LogP contribution in [0.2, 0.25) is 0 Å². The molecule has 6 nitrogen and oxygen atoms in total. The highest BCUT2D eigenvalue weighted by Gasteiger charge is 2.26. The maximum Gasteiger partial charge on any atom is 0.342 e. The molecule has 3 rings (SSSR count). The van der Waals surface area contributed by atoms with Crippen molar-refractivity contribution in [1.29, 1.82) is 0 Å². The van der Waals surface area contributed by atoms with E-state index in [2.05, 4.69) is 15.9 Å². The van der Waals surface area contributed by atoms with E-state index in [1.54, 1.807) is 33.3 Å². The van der Waals surface area contributed by atoms with E-state index in [0.717, 1.165) is 5.56 Å². The molecule has 0 radical (unpaired) electrons. The van der Waals surface area contributed by atoms with Gasteiger partial charge in [-0.1, -0.05) is 0 Å². The Hall–Kier alpha value is -2.51. The van der Waals surface area contributed by atoms with E-state index in [4.69, 9.17) is 18.6 Å². The van der Waals surface area contributed by atoms with Gasteiger partial charge in [0.2, 0.25) is 0 Å². The molecule has 0 fully saturated rings. The summed E-state index contributed by atoms with van der Waals surface area (Å²) in [6.07, 6.45) is 0. The molecule has 1 heterocycles. The molecule has 1 aromatic heterocycles. The molecule has 0 bridgehead atoms. The molecule has 27 heavy (non-hydrogen) atoms. The zero-order chi connectivity index (χ0) is 19.6. The number of carbonyl (C=O) groups excluding carboxylic acids is 1. The lowest BCUT2D eigenvalue weighted by Gasteiger charge is -2.10. The van der Waals surface area contributed by atoms with E-state index in [9.17, 15) is 9.90 Å². The largest absolute Gasteiger partial charge is 0.508 e. The van der Waals surface area contributed by atoms with Gasteiger partial charge in [-0.2, -0.15) is 0 Å². The number of furan rings is 1. The molecule has 0 amide bonds. The van der Waals surface area contributed by atoms with Crippen LogP contribution in [0.5, 0.6) is 11.5 Å². The Morgan fingerprint density at radius 2 is 2.00 bits per heavy atom. The van der Waals surface area contributed by atoms with E-state index in [0.29, 0.717) is 39.1 Å². The number of aromatic hydroxyl groups is 1. The summed E-state index contributed by atoms with van der Waals surface area (Å²) < 4.78 is 22.4. The predicted octanol–water partition coefficient (Wildman–Crippen LogP) is 4.90. The van der Waals surface area contributed by atoms with Crippen molar-refractivity contribution in [3.05, 3.63) is 45.9 Å². The molecule has 2 aromatic carbocycles. The second kappa shape index (κ2) is 8.02. The summed E-state index contributed by atoms with van der Waals surface area (Å²) in [5.41, 5.74) is 2.18. The summed E-state index contributed by atoms with van der Waals surface area (Å²) in [5.74, 6) is 0.505. The molecule has 3 aromatic rings. The highest BCUT2D eigenvalue weighted by Crippen LogP contribution is 2.41. The van der Waals surface area contributed by atoms with Crippen molar-refractivity contribution in [3.8, 4) is 22.8 Å². The molecular weight excluding hydrogens is 416 g/mol. The van der Waals surface area contributed by atoms with E-state index in [-0.39, 0.29) is 17.9 Å². The number of hydrogen-bond acceptors (Lipinski definition) is 6. The standard InChI is InChI=1S/C20H19BrO6/c1-4-26-20(23)17-15-8-12(22)9-16(21)18(15)27-19(17)14-6-5-13(25-3)7-11(14)10-24-2/h5-9,22H,4,10H2,1-3H3. The van der Waals surface area contributed by atoms with E-state index >= 15 is 0 Å². The maximum absolute atomic E-state index is 12.7. The van der Waals surface area contributed by atoms with Gasteiger partial charge in [0, 0.05) is 18.1 Å². The third kappa shape index (κ3) is 3.65. The zero-order valence-corrected chi connectivity index (χ0v) is 16.8. The monoisotopic (exact) mass is 434 g/mol. The summed E-state index contributed by atoms with van der Waals surface area (Å²) in [4.78, 5) is 12.7. The minimum absolute atomic E-state index is 0.0131. The van der Waals surface area contributed by atoms with Gasteiger partial charge in [0.1, 0.15) is 28.4 Å². The van der Waals surface area contributed by atoms with Crippen molar-refractivity contribution in [2.24, 2.45) is 0 Å².